The minimum absolute atomic E-state index is 0.104. The Balaban J connectivity index is 2.31. The fraction of sp³-hybridized carbons (Fsp3) is 0.188. The Morgan fingerprint density at radius 3 is 2.70 bits per heavy atom. The van der Waals surface area contributed by atoms with E-state index in [4.69, 9.17) is 4.74 Å². The van der Waals surface area contributed by atoms with Crippen LogP contribution in [0.1, 0.15) is 21.5 Å². The van der Waals surface area contributed by atoms with E-state index < -0.39 is 0 Å². The van der Waals surface area contributed by atoms with Gasteiger partial charge < -0.3 is 4.74 Å². The molecule has 0 saturated carbocycles. The van der Waals surface area contributed by atoms with E-state index in [1.165, 1.54) is 19.2 Å². The topological polar surface area (TPSA) is 26.3 Å². The van der Waals surface area contributed by atoms with Gasteiger partial charge in [-0.2, -0.15) is 0 Å². The van der Waals surface area contributed by atoms with Gasteiger partial charge in [0.2, 0.25) is 0 Å². The van der Waals surface area contributed by atoms with Gasteiger partial charge in [0, 0.05) is 10.9 Å². The minimum atomic E-state index is -0.340. The van der Waals surface area contributed by atoms with Crippen molar-refractivity contribution in [2.75, 3.05) is 7.11 Å². The fourth-order valence-corrected chi connectivity index (χ4v) is 2.31. The zero-order valence-corrected chi connectivity index (χ0v) is 12.8. The zero-order chi connectivity index (χ0) is 14.7. The third kappa shape index (κ3) is 3.25. The molecule has 0 radical (unpaired) electrons. The van der Waals surface area contributed by atoms with Gasteiger partial charge in [0.15, 0.2) is 5.78 Å². The molecule has 0 amide bonds. The second kappa shape index (κ2) is 6.18. The number of hydrogen-bond donors (Lipinski definition) is 0. The Labute approximate surface area is 125 Å². The summed E-state index contributed by atoms with van der Waals surface area (Å²) in [5, 5.41) is 0. The minimum Gasteiger partial charge on any atom is -0.496 e. The first-order valence-electron chi connectivity index (χ1n) is 6.13. The number of hydrogen-bond acceptors (Lipinski definition) is 2. The Kier molecular flexibility index (Phi) is 4.55. The summed E-state index contributed by atoms with van der Waals surface area (Å²) >= 11 is 3.41. The summed E-state index contributed by atoms with van der Waals surface area (Å²) in [6.07, 6.45) is 0.142. The van der Waals surface area contributed by atoms with Gasteiger partial charge in [0.1, 0.15) is 11.6 Å². The third-order valence-corrected chi connectivity index (χ3v) is 3.89. The van der Waals surface area contributed by atoms with Crippen molar-refractivity contribution in [2.24, 2.45) is 0 Å². The standard InChI is InChI=1S/C16H14BrFO2/c1-10-6-16(20-2)13(9-14(10)17)15(19)8-11-4-3-5-12(18)7-11/h3-7,9H,8H2,1-2H3. The quantitative estimate of drug-likeness (QED) is 0.776. The lowest BCUT2D eigenvalue weighted by Crippen LogP contribution is -2.06. The van der Waals surface area contributed by atoms with E-state index in [0.29, 0.717) is 16.9 Å². The van der Waals surface area contributed by atoms with Crippen LogP contribution in [0.2, 0.25) is 0 Å². The highest BCUT2D eigenvalue weighted by molar-refractivity contribution is 9.10. The van der Waals surface area contributed by atoms with E-state index in [9.17, 15) is 9.18 Å². The first kappa shape index (κ1) is 14.7. The smallest absolute Gasteiger partial charge is 0.170 e. The molecule has 0 fully saturated rings. The summed E-state index contributed by atoms with van der Waals surface area (Å²) in [7, 11) is 1.53. The summed E-state index contributed by atoms with van der Waals surface area (Å²) < 4.78 is 19.2. The Morgan fingerprint density at radius 1 is 1.30 bits per heavy atom. The van der Waals surface area contributed by atoms with Gasteiger partial charge in [-0.1, -0.05) is 28.1 Å². The first-order chi connectivity index (χ1) is 9.51. The van der Waals surface area contributed by atoms with Crippen molar-refractivity contribution in [3.05, 3.63) is 63.4 Å². The highest BCUT2D eigenvalue weighted by Gasteiger charge is 2.15. The van der Waals surface area contributed by atoms with Crippen LogP contribution in [0.3, 0.4) is 0 Å². The lowest BCUT2D eigenvalue weighted by atomic mass is 10.0. The van der Waals surface area contributed by atoms with Gasteiger partial charge in [-0.3, -0.25) is 4.79 Å². The second-order valence-corrected chi connectivity index (χ2v) is 5.39. The van der Waals surface area contributed by atoms with Gasteiger partial charge in [0.05, 0.1) is 12.7 Å². The van der Waals surface area contributed by atoms with Gasteiger partial charge in [-0.25, -0.2) is 4.39 Å². The number of carbonyl (C=O) groups excluding carboxylic acids is 1. The SMILES string of the molecule is COc1cc(C)c(Br)cc1C(=O)Cc1cccc(F)c1. The van der Waals surface area contributed by atoms with E-state index in [1.54, 1.807) is 18.2 Å². The highest BCUT2D eigenvalue weighted by Crippen LogP contribution is 2.28. The summed E-state index contributed by atoms with van der Waals surface area (Å²) in [5.41, 5.74) is 2.13. The normalized spacial score (nSPS) is 10.4. The van der Waals surface area contributed by atoms with E-state index in [2.05, 4.69) is 15.9 Å². The summed E-state index contributed by atoms with van der Waals surface area (Å²) in [6.45, 7) is 1.92. The van der Waals surface area contributed by atoms with Crippen molar-refractivity contribution < 1.29 is 13.9 Å². The molecule has 0 aliphatic carbocycles. The zero-order valence-electron chi connectivity index (χ0n) is 11.2. The Hall–Kier alpha value is -1.68. The molecule has 2 aromatic rings. The van der Waals surface area contributed by atoms with Crippen LogP contribution in [-0.4, -0.2) is 12.9 Å². The molecule has 104 valence electrons. The van der Waals surface area contributed by atoms with Crippen molar-refractivity contribution in [3.8, 4) is 5.75 Å². The molecular weight excluding hydrogens is 323 g/mol. The van der Waals surface area contributed by atoms with Gasteiger partial charge in [-0.05, 0) is 42.3 Å². The molecule has 0 spiro atoms. The maximum Gasteiger partial charge on any atom is 0.170 e. The molecule has 2 aromatic carbocycles. The number of methoxy groups -OCH3 is 1. The number of Topliss-reactive ketones (excluding diaryl/α,β-unsaturated/α-hetero) is 1. The van der Waals surface area contributed by atoms with Crippen LogP contribution in [0.5, 0.6) is 5.75 Å². The molecule has 2 rings (SSSR count). The molecule has 0 bridgehead atoms. The maximum atomic E-state index is 13.1. The molecule has 0 aromatic heterocycles. The predicted molar refractivity (Wildman–Crippen MR) is 79.9 cm³/mol. The van der Waals surface area contributed by atoms with E-state index >= 15 is 0 Å². The van der Waals surface area contributed by atoms with Crippen molar-refractivity contribution >= 4 is 21.7 Å². The predicted octanol–water partition coefficient (Wildman–Crippen LogP) is 4.33. The average molecular weight is 337 g/mol. The number of carbonyl (C=O) groups is 1. The maximum absolute atomic E-state index is 13.1. The van der Waals surface area contributed by atoms with Crippen molar-refractivity contribution in [2.45, 2.75) is 13.3 Å². The van der Waals surface area contributed by atoms with Crippen LogP contribution in [0.25, 0.3) is 0 Å². The number of rotatable bonds is 4. The lowest BCUT2D eigenvalue weighted by molar-refractivity contribution is 0.0990. The van der Waals surface area contributed by atoms with Crippen LogP contribution in [0.4, 0.5) is 4.39 Å². The fourth-order valence-electron chi connectivity index (χ4n) is 1.97. The largest absolute Gasteiger partial charge is 0.496 e. The molecule has 0 aliphatic rings. The van der Waals surface area contributed by atoms with Gasteiger partial charge in [0.25, 0.3) is 0 Å². The number of ketones is 1. The van der Waals surface area contributed by atoms with Crippen molar-refractivity contribution in [1.82, 2.24) is 0 Å². The lowest BCUT2D eigenvalue weighted by Gasteiger charge is -2.10. The molecule has 0 unspecified atom stereocenters. The number of halogens is 2. The molecule has 4 heteroatoms. The molecule has 0 saturated heterocycles. The Bertz CT molecular complexity index is 653. The molecule has 2 nitrogen and oxygen atoms in total. The van der Waals surface area contributed by atoms with Crippen LogP contribution >= 0.6 is 15.9 Å². The van der Waals surface area contributed by atoms with Crippen LogP contribution in [0.15, 0.2) is 40.9 Å². The van der Waals surface area contributed by atoms with Crippen molar-refractivity contribution in [3.63, 3.8) is 0 Å². The van der Waals surface area contributed by atoms with Crippen LogP contribution in [0, 0.1) is 12.7 Å². The average Bonchev–Trinajstić information content (AvgIpc) is 2.41. The second-order valence-electron chi connectivity index (χ2n) is 4.53. The number of benzene rings is 2. The molecule has 0 atom stereocenters. The summed E-state index contributed by atoms with van der Waals surface area (Å²) in [6, 6.07) is 9.61. The first-order valence-corrected chi connectivity index (χ1v) is 6.92. The summed E-state index contributed by atoms with van der Waals surface area (Å²) in [4.78, 5) is 12.3. The number of ether oxygens (including phenoxy) is 1. The van der Waals surface area contributed by atoms with Crippen LogP contribution < -0.4 is 4.74 Å². The monoisotopic (exact) mass is 336 g/mol. The molecule has 0 aliphatic heterocycles. The molecule has 0 heterocycles. The molecule has 0 N–H and O–H groups in total. The highest BCUT2D eigenvalue weighted by atomic mass is 79.9. The van der Waals surface area contributed by atoms with E-state index in [1.807, 2.05) is 13.0 Å². The third-order valence-electron chi connectivity index (χ3n) is 3.03. The van der Waals surface area contributed by atoms with E-state index in [-0.39, 0.29) is 18.0 Å². The van der Waals surface area contributed by atoms with Crippen molar-refractivity contribution in [1.29, 1.82) is 0 Å². The Morgan fingerprint density at radius 2 is 2.05 bits per heavy atom. The van der Waals surface area contributed by atoms with E-state index in [0.717, 1.165) is 10.0 Å². The summed E-state index contributed by atoms with van der Waals surface area (Å²) in [5.74, 6) is 0.0904. The molecule has 20 heavy (non-hydrogen) atoms. The van der Waals surface area contributed by atoms with Gasteiger partial charge >= 0.3 is 0 Å². The molecular formula is C16H14BrFO2. The van der Waals surface area contributed by atoms with Crippen LogP contribution in [-0.2, 0) is 6.42 Å². The number of aryl methyl sites for hydroxylation is 1. The van der Waals surface area contributed by atoms with Gasteiger partial charge in [-0.15, -0.1) is 0 Å².